The Balaban J connectivity index is 3.36. The molecular formula is C8H19N2O+. The minimum Gasteiger partial charge on any atom is -0.358 e. The Kier molecular flexibility index (Phi) is 6.07. The van der Waals surface area contributed by atoms with Gasteiger partial charge in [-0.15, -0.1) is 0 Å². The smallest absolute Gasteiger partial charge is 0.149 e. The fourth-order valence-corrected chi connectivity index (χ4v) is 0.964. The minimum absolute atomic E-state index is 0.175. The third-order valence-electron chi connectivity index (χ3n) is 1.78. The lowest BCUT2D eigenvalue weighted by atomic mass is 10.1. The molecule has 0 aliphatic heterocycles. The summed E-state index contributed by atoms with van der Waals surface area (Å²) in [6.07, 6.45) is 3.48. The molecule has 0 fully saturated rings. The maximum absolute atomic E-state index is 11.0. The van der Waals surface area contributed by atoms with E-state index < -0.39 is 0 Å². The van der Waals surface area contributed by atoms with Crippen molar-refractivity contribution in [2.45, 2.75) is 38.6 Å². The number of unbranched alkanes of at least 4 members (excludes halogenated alkanes) is 1. The van der Waals surface area contributed by atoms with Crippen molar-refractivity contribution >= 4 is 5.78 Å². The van der Waals surface area contributed by atoms with Crippen molar-refractivity contribution < 1.29 is 10.5 Å². The lowest BCUT2D eigenvalue weighted by Crippen LogP contribution is -2.50. The number of carbonyl (C=O) groups is 1. The Hall–Kier alpha value is -0.410. The summed E-state index contributed by atoms with van der Waals surface area (Å²) in [6.45, 7) is 2.79. The summed E-state index contributed by atoms with van der Waals surface area (Å²) >= 11 is 0. The van der Waals surface area contributed by atoms with Crippen LogP contribution in [0, 0.1) is 0 Å². The quantitative estimate of drug-likeness (QED) is 0.523. The van der Waals surface area contributed by atoms with Crippen LogP contribution in [0.5, 0.6) is 0 Å². The summed E-state index contributed by atoms with van der Waals surface area (Å²) in [5, 5.41) is 0. The molecule has 11 heavy (non-hydrogen) atoms. The summed E-state index contributed by atoms with van der Waals surface area (Å²) < 4.78 is 0. The first-order valence-electron chi connectivity index (χ1n) is 4.30. The van der Waals surface area contributed by atoms with Crippen molar-refractivity contribution in [2.75, 3.05) is 6.54 Å². The normalized spacial score (nSPS) is 13.0. The van der Waals surface area contributed by atoms with Crippen LogP contribution in [0.15, 0.2) is 0 Å². The first-order chi connectivity index (χ1) is 5.22. The summed E-state index contributed by atoms with van der Waals surface area (Å²) in [5.41, 5.74) is 9.32. The van der Waals surface area contributed by atoms with E-state index in [1.54, 1.807) is 0 Å². The molecule has 0 saturated heterocycles. The minimum atomic E-state index is -0.230. The Bertz CT molecular complexity index is 115. The summed E-state index contributed by atoms with van der Waals surface area (Å²) in [7, 11) is 0. The van der Waals surface area contributed by atoms with Gasteiger partial charge in [-0.2, -0.15) is 0 Å². The monoisotopic (exact) mass is 159 g/mol. The SMILES string of the molecule is CCC(=O)C(N)CCCC[NH3+]. The van der Waals surface area contributed by atoms with Crippen LogP contribution in [0.4, 0.5) is 0 Å². The second-order valence-electron chi connectivity index (χ2n) is 2.78. The number of rotatable bonds is 6. The van der Waals surface area contributed by atoms with Gasteiger partial charge in [-0.05, 0) is 19.3 Å². The molecule has 0 aliphatic rings. The molecule has 3 nitrogen and oxygen atoms in total. The van der Waals surface area contributed by atoms with Gasteiger partial charge in [0.15, 0.2) is 0 Å². The highest BCUT2D eigenvalue weighted by atomic mass is 16.1. The number of nitrogens with two attached hydrogens (primary N) is 1. The van der Waals surface area contributed by atoms with Crippen molar-refractivity contribution in [3.63, 3.8) is 0 Å². The van der Waals surface area contributed by atoms with Gasteiger partial charge in [-0.25, -0.2) is 0 Å². The maximum atomic E-state index is 11.0. The zero-order chi connectivity index (χ0) is 8.69. The molecule has 0 amide bonds. The van der Waals surface area contributed by atoms with Gasteiger partial charge >= 0.3 is 0 Å². The lowest BCUT2D eigenvalue weighted by Gasteiger charge is -2.06. The molecule has 0 radical (unpaired) electrons. The summed E-state index contributed by atoms with van der Waals surface area (Å²) in [5.74, 6) is 0.175. The van der Waals surface area contributed by atoms with Gasteiger partial charge in [0.25, 0.3) is 0 Å². The fraction of sp³-hybridized carbons (Fsp3) is 0.875. The largest absolute Gasteiger partial charge is 0.358 e. The Labute approximate surface area is 68.1 Å². The molecule has 3 heteroatoms. The van der Waals surface area contributed by atoms with Crippen LogP contribution in [0.25, 0.3) is 0 Å². The highest BCUT2D eigenvalue weighted by Gasteiger charge is 2.09. The first-order valence-corrected chi connectivity index (χ1v) is 4.30. The van der Waals surface area contributed by atoms with Crippen molar-refractivity contribution in [3.05, 3.63) is 0 Å². The second kappa shape index (κ2) is 6.31. The Morgan fingerprint density at radius 2 is 2.18 bits per heavy atom. The van der Waals surface area contributed by atoms with E-state index in [2.05, 4.69) is 5.73 Å². The van der Waals surface area contributed by atoms with Gasteiger partial charge in [-0.1, -0.05) is 6.92 Å². The van der Waals surface area contributed by atoms with E-state index in [1.165, 1.54) is 0 Å². The van der Waals surface area contributed by atoms with Gasteiger partial charge in [0.2, 0.25) is 0 Å². The van der Waals surface area contributed by atoms with Crippen molar-refractivity contribution in [3.8, 4) is 0 Å². The maximum Gasteiger partial charge on any atom is 0.149 e. The summed E-state index contributed by atoms with van der Waals surface area (Å²) in [4.78, 5) is 11.0. The van der Waals surface area contributed by atoms with Crippen molar-refractivity contribution in [1.29, 1.82) is 0 Å². The highest BCUT2D eigenvalue weighted by Crippen LogP contribution is 2.00. The standard InChI is InChI=1S/C8H18N2O/c1-2-8(11)7(10)5-3-4-6-9/h7H,2-6,9-10H2,1H3/p+1. The number of quaternary nitrogens is 1. The van der Waals surface area contributed by atoms with Gasteiger partial charge < -0.3 is 11.5 Å². The van der Waals surface area contributed by atoms with E-state index in [0.717, 1.165) is 25.8 Å². The predicted molar refractivity (Wildman–Crippen MR) is 44.9 cm³/mol. The van der Waals surface area contributed by atoms with Crippen LogP contribution >= 0.6 is 0 Å². The van der Waals surface area contributed by atoms with E-state index >= 15 is 0 Å². The van der Waals surface area contributed by atoms with E-state index in [-0.39, 0.29) is 11.8 Å². The Morgan fingerprint density at radius 1 is 1.55 bits per heavy atom. The van der Waals surface area contributed by atoms with Crippen LogP contribution < -0.4 is 11.5 Å². The van der Waals surface area contributed by atoms with E-state index in [0.29, 0.717) is 6.42 Å². The third-order valence-corrected chi connectivity index (χ3v) is 1.78. The van der Waals surface area contributed by atoms with Crippen LogP contribution in [0.3, 0.4) is 0 Å². The zero-order valence-electron chi connectivity index (χ0n) is 7.31. The molecule has 1 atom stereocenters. The molecule has 0 aromatic heterocycles. The van der Waals surface area contributed by atoms with E-state index in [4.69, 9.17) is 5.73 Å². The lowest BCUT2D eigenvalue weighted by molar-refractivity contribution is -0.368. The first kappa shape index (κ1) is 10.6. The number of hydrogen-bond donors (Lipinski definition) is 2. The molecule has 0 aromatic carbocycles. The molecule has 0 saturated carbocycles. The van der Waals surface area contributed by atoms with Gasteiger partial charge in [0.1, 0.15) is 5.78 Å². The highest BCUT2D eigenvalue weighted by molar-refractivity contribution is 5.83. The number of ketones is 1. The van der Waals surface area contributed by atoms with E-state index in [9.17, 15) is 4.79 Å². The van der Waals surface area contributed by atoms with Crippen LogP contribution in [0.2, 0.25) is 0 Å². The number of Topliss-reactive ketones (excluding diaryl/α,β-unsaturated/α-hetero) is 1. The average molecular weight is 159 g/mol. The molecule has 0 aliphatic carbocycles. The second-order valence-corrected chi connectivity index (χ2v) is 2.78. The topological polar surface area (TPSA) is 70.7 Å². The molecule has 1 unspecified atom stereocenters. The number of carbonyl (C=O) groups excluding carboxylic acids is 1. The van der Waals surface area contributed by atoms with Gasteiger partial charge in [-0.3, -0.25) is 4.79 Å². The number of hydrogen-bond acceptors (Lipinski definition) is 2. The molecule has 0 aromatic rings. The van der Waals surface area contributed by atoms with Crippen LogP contribution in [-0.2, 0) is 4.79 Å². The van der Waals surface area contributed by atoms with Crippen molar-refractivity contribution in [2.24, 2.45) is 5.73 Å². The predicted octanol–water partition coefficient (Wildman–Crippen LogP) is -0.295. The molecular weight excluding hydrogens is 140 g/mol. The van der Waals surface area contributed by atoms with Crippen molar-refractivity contribution in [1.82, 2.24) is 0 Å². The molecule has 66 valence electrons. The summed E-state index contributed by atoms with van der Waals surface area (Å²) in [6, 6.07) is -0.230. The third kappa shape index (κ3) is 4.93. The van der Waals surface area contributed by atoms with Gasteiger partial charge in [0.05, 0.1) is 12.6 Å². The Morgan fingerprint density at radius 3 is 2.64 bits per heavy atom. The average Bonchev–Trinajstić information content (AvgIpc) is 2.03. The molecule has 0 heterocycles. The van der Waals surface area contributed by atoms with Crippen LogP contribution in [0.1, 0.15) is 32.6 Å². The van der Waals surface area contributed by atoms with Crippen LogP contribution in [-0.4, -0.2) is 18.4 Å². The molecule has 5 N–H and O–H groups in total. The van der Waals surface area contributed by atoms with E-state index in [1.807, 2.05) is 6.92 Å². The molecule has 0 rings (SSSR count). The zero-order valence-corrected chi connectivity index (χ0v) is 7.31. The fourth-order valence-electron chi connectivity index (χ4n) is 0.964. The van der Waals surface area contributed by atoms with Gasteiger partial charge in [0, 0.05) is 6.42 Å². The molecule has 0 bridgehead atoms. The molecule has 0 spiro atoms.